The Morgan fingerprint density at radius 3 is 2.94 bits per heavy atom. The van der Waals surface area contributed by atoms with Crippen molar-refractivity contribution in [1.29, 1.82) is 5.26 Å². The summed E-state index contributed by atoms with van der Waals surface area (Å²) >= 11 is 1.90. The molecule has 96 valence electrons. The molecular weight excluding hydrogens is 244 g/mol. The molecule has 1 aliphatic rings. The molecule has 0 spiro atoms. The highest BCUT2D eigenvalue weighted by atomic mass is 32.2. The van der Waals surface area contributed by atoms with E-state index in [1.54, 1.807) is 12.3 Å². The first-order valence-electron chi connectivity index (χ1n) is 6.19. The molecular formula is C13H18N4S. The summed E-state index contributed by atoms with van der Waals surface area (Å²) in [6.07, 6.45) is 8.68. The largest absolute Gasteiger partial charge is 0.396 e. The van der Waals surface area contributed by atoms with Gasteiger partial charge in [-0.3, -0.25) is 0 Å². The van der Waals surface area contributed by atoms with Gasteiger partial charge in [0.2, 0.25) is 0 Å². The van der Waals surface area contributed by atoms with Gasteiger partial charge in [0.1, 0.15) is 11.9 Å². The van der Waals surface area contributed by atoms with Crippen molar-refractivity contribution < 1.29 is 0 Å². The highest BCUT2D eigenvalue weighted by Gasteiger charge is 2.24. The van der Waals surface area contributed by atoms with Gasteiger partial charge in [0.25, 0.3) is 0 Å². The van der Waals surface area contributed by atoms with Crippen LogP contribution in [0.4, 0.5) is 11.5 Å². The number of nitrogens with zero attached hydrogens (tertiary/aromatic N) is 2. The third-order valence-electron chi connectivity index (χ3n) is 3.37. The fourth-order valence-corrected chi connectivity index (χ4v) is 3.32. The molecule has 2 rings (SSSR count). The highest BCUT2D eigenvalue weighted by Crippen LogP contribution is 2.30. The van der Waals surface area contributed by atoms with Gasteiger partial charge in [-0.25, -0.2) is 4.98 Å². The van der Waals surface area contributed by atoms with Gasteiger partial charge < -0.3 is 11.1 Å². The van der Waals surface area contributed by atoms with E-state index in [1.807, 2.05) is 17.8 Å². The van der Waals surface area contributed by atoms with Gasteiger partial charge in [0.15, 0.2) is 0 Å². The number of thioether (sulfide) groups is 1. The molecule has 0 bridgehead atoms. The third-order valence-corrected chi connectivity index (χ3v) is 4.54. The van der Waals surface area contributed by atoms with E-state index < -0.39 is 0 Å². The smallest absolute Gasteiger partial charge is 0.149 e. The van der Waals surface area contributed by atoms with Crippen LogP contribution < -0.4 is 11.1 Å². The van der Waals surface area contributed by atoms with Crippen LogP contribution in [0, 0.1) is 11.3 Å². The number of hydrogen-bond donors (Lipinski definition) is 2. The fourth-order valence-electron chi connectivity index (χ4n) is 2.38. The number of hydrogen-bond acceptors (Lipinski definition) is 5. The highest BCUT2D eigenvalue weighted by molar-refractivity contribution is 7.99. The lowest BCUT2D eigenvalue weighted by Crippen LogP contribution is -2.34. The lowest BCUT2D eigenvalue weighted by atomic mass is 9.95. The number of nitrogen functional groups attached to an aromatic ring is 1. The Hall–Kier alpha value is -1.41. The van der Waals surface area contributed by atoms with E-state index in [0.29, 0.717) is 28.4 Å². The molecule has 3 N–H and O–H groups in total. The number of rotatable bonds is 3. The average Bonchev–Trinajstić information content (AvgIpc) is 2.41. The Balaban J connectivity index is 2.10. The van der Waals surface area contributed by atoms with Crippen LogP contribution in [-0.4, -0.2) is 22.5 Å². The van der Waals surface area contributed by atoms with Crippen molar-refractivity contribution in [1.82, 2.24) is 4.98 Å². The van der Waals surface area contributed by atoms with E-state index in [-0.39, 0.29) is 0 Å². The molecule has 4 nitrogen and oxygen atoms in total. The van der Waals surface area contributed by atoms with Crippen LogP contribution in [0.5, 0.6) is 0 Å². The molecule has 1 aliphatic carbocycles. The fraction of sp³-hybridized carbons (Fsp3) is 0.538. The number of aromatic nitrogens is 1. The number of pyridine rings is 1. The van der Waals surface area contributed by atoms with Gasteiger partial charge in [0.05, 0.1) is 11.3 Å². The van der Waals surface area contributed by atoms with Crippen LogP contribution in [0.2, 0.25) is 0 Å². The summed E-state index contributed by atoms with van der Waals surface area (Å²) in [4.78, 5) is 4.24. The number of nitrogens with one attached hydrogen (secondary N) is 1. The standard InChI is InChI=1S/C13H18N4S/c1-18-12-5-3-2-4-11(12)17-13-10(15)6-9(7-14)8-16-13/h6,8,11-12H,2-5,15H2,1H3,(H,16,17). The summed E-state index contributed by atoms with van der Waals surface area (Å²) in [7, 11) is 0. The Kier molecular flexibility index (Phi) is 4.32. The Labute approximate surface area is 112 Å². The van der Waals surface area contributed by atoms with Crippen LogP contribution in [0.3, 0.4) is 0 Å². The SMILES string of the molecule is CSC1CCCCC1Nc1ncc(C#N)cc1N. The molecule has 5 heteroatoms. The molecule has 2 atom stereocenters. The van der Waals surface area contributed by atoms with Gasteiger partial charge in [-0.2, -0.15) is 17.0 Å². The lowest BCUT2D eigenvalue weighted by Gasteiger charge is -2.31. The monoisotopic (exact) mass is 262 g/mol. The Morgan fingerprint density at radius 1 is 1.50 bits per heavy atom. The first-order valence-corrected chi connectivity index (χ1v) is 7.48. The van der Waals surface area contributed by atoms with Gasteiger partial charge in [-0.05, 0) is 25.2 Å². The Morgan fingerprint density at radius 2 is 2.28 bits per heavy atom. The molecule has 0 aliphatic heterocycles. The van der Waals surface area contributed by atoms with Crippen LogP contribution in [0.1, 0.15) is 31.2 Å². The molecule has 1 fully saturated rings. The minimum absolute atomic E-state index is 0.427. The van der Waals surface area contributed by atoms with Gasteiger partial charge >= 0.3 is 0 Å². The summed E-state index contributed by atoms with van der Waals surface area (Å²) in [6.45, 7) is 0. The topological polar surface area (TPSA) is 74.7 Å². The average molecular weight is 262 g/mol. The molecule has 0 saturated heterocycles. The van der Waals surface area contributed by atoms with Crippen molar-refractivity contribution >= 4 is 23.3 Å². The van der Waals surface area contributed by atoms with E-state index >= 15 is 0 Å². The van der Waals surface area contributed by atoms with Crippen LogP contribution >= 0.6 is 11.8 Å². The van der Waals surface area contributed by atoms with Crippen LogP contribution in [0.15, 0.2) is 12.3 Å². The molecule has 2 unspecified atom stereocenters. The van der Waals surface area contributed by atoms with Crippen molar-refractivity contribution in [3.63, 3.8) is 0 Å². The maximum atomic E-state index is 8.79. The van der Waals surface area contributed by atoms with E-state index in [0.717, 1.165) is 6.42 Å². The predicted octanol–water partition coefficient (Wildman–Crippen LogP) is 2.62. The van der Waals surface area contributed by atoms with E-state index in [4.69, 9.17) is 11.0 Å². The van der Waals surface area contributed by atoms with Gasteiger partial charge in [-0.1, -0.05) is 12.8 Å². The van der Waals surface area contributed by atoms with Crippen molar-refractivity contribution in [2.45, 2.75) is 37.0 Å². The van der Waals surface area contributed by atoms with Gasteiger partial charge in [0, 0.05) is 17.5 Å². The quantitative estimate of drug-likeness (QED) is 0.876. The second kappa shape index (κ2) is 5.96. The van der Waals surface area contributed by atoms with E-state index in [9.17, 15) is 0 Å². The Bertz CT molecular complexity index is 455. The van der Waals surface area contributed by atoms with Crippen LogP contribution in [-0.2, 0) is 0 Å². The van der Waals surface area contributed by atoms with Crippen molar-refractivity contribution in [3.05, 3.63) is 17.8 Å². The second-order valence-corrected chi connectivity index (χ2v) is 5.66. The third kappa shape index (κ3) is 2.88. The molecule has 1 aromatic heterocycles. The number of nitriles is 1. The maximum absolute atomic E-state index is 8.79. The molecule has 1 saturated carbocycles. The zero-order valence-electron chi connectivity index (χ0n) is 10.5. The predicted molar refractivity (Wildman–Crippen MR) is 76.5 cm³/mol. The first-order chi connectivity index (χ1) is 8.74. The molecule has 0 radical (unpaired) electrons. The normalized spacial score (nSPS) is 23.3. The summed E-state index contributed by atoms with van der Waals surface area (Å²) in [6, 6.07) is 4.14. The van der Waals surface area contributed by atoms with E-state index in [1.165, 1.54) is 19.3 Å². The second-order valence-electron chi connectivity index (χ2n) is 4.58. The number of nitrogens with two attached hydrogens (primary N) is 1. The molecule has 18 heavy (non-hydrogen) atoms. The van der Waals surface area contributed by atoms with E-state index in [2.05, 4.69) is 16.6 Å². The zero-order valence-corrected chi connectivity index (χ0v) is 11.3. The van der Waals surface area contributed by atoms with Gasteiger partial charge in [-0.15, -0.1) is 0 Å². The first kappa shape index (κ1) is 13.0. The van der Waals surface area contributed by atoms with Crippen LogP contribution in [0.25, 0.3) is 0 Å². The van der Waals surface area contributed by atoms with Crippen molar-refractivity contribution in [2.75, 3.05) is 17.3 Å². The summed E-state index contributed by atoms with van der Waals surface area (Å²) in [5.41, 5.74) is 6.98. The molecule has 0 amide bonds. The summed E-state index contributed by atoms with van der Waals surface area (Å²) in [5, 5.41) is 12.8. The number of anilines is 2. The molecule has 1 heterocycles. The molecule has 1 aromatic rings. The van der Waals surface area contributed by atoms with Crippen molar-refractivity contribution in [2.24, 2.45) is 0 Å². The zero-order chi connectivity index (χ0) is 13.0. The summed E-state index contributed by atoms with van der Waals surface area (Å²) in [5.74, 6) is 0.708. The lowest BCUT2D eigenvalue weighted by molar-refractivity contribution is 0.474. The molecule has 0 aromatic carbocycles. The minimum Gasteiger partial charge on any atom is -0.396 e. The van der Waals surface area contributed by atoms with Crippen molar-refractivity contribution in [3.8, 4) is 6.07 Å². The summed E-state index contributed by atoms with van der Waals surface area (Å²) < 4.78 is 0. The maximum Gasteiger partial charge on any atom is 0.149 e. The minimum atomic E-state index is 0.427.